The van der Waals surface area contributed by atoms with Gasteiger partial charge in [-0.25, -0.2) is 0 Å². The smallest absolute Gasteiger partial charge is 0.240 e. The van der Waals surface area contributed by atoms with Crippen LogP contribution in [0.15, 0.2) is 129 Å². The Morgan fingerprint density at radius 1 is 0.505 bits per heavy atom. The summed E-state index contributed by atoms with van der Waals surface area (Å²) in [5.41, 5.74) is 15.5. The number of hydrogen-bond donors (Lipinski definition) is 1. The number of aromatic nitrogens is 12. The van der Waals surface area contributed by atoms with Crippen molar-refractivity contribution in [3.63, 3.8) is 0 Å². The minimum absolute atomic E-state index is 0. The van der Waals surface area contributed by atoms with E-state index in [1.807, 2.05) is 121 Å². The van der Waals surface area contributed by atoms with Crippen molar-refractivity contribution in [2.75, 3.05) is 5.88 Å². The molecule has 9 aromatic heterocycles. The molecule has 9 heterocycles. The number of aliphatic hydroxyl groups excluding tert-OH is 1. The molecule has 13 rings (SSSR count). The number of aryl methyl sites for hydroxylation is 4. The first kappa shape index (κ1) is 69.3. The van der Waals surface area contributed by atoms with E-state index >= 15 is 0 Å². The van der Waals surface area contributed by atoms with Crippen LogP contribution in [0.1, 0.15) is 161 Å². The van der Waals surface area contributed by atoms with Gasteiger partial charge in [0.1, 0.15) is 0 Å². The van der Waals surface area contributed by atoms with Crippen LogP contribution >= 0.6 is 11.6 Å². The molecule has 0 unspecified atom stereocenters. The predicted octanol–water partition coefficient (Wildman–Crippen LogP) is 15.7. The molecule has 0 atom stereocenters. The average molecular weight is 1290 g/mol. The van der Waals surface area contributed by atoms with Gasteiger partial charge in [0.05, 0.1) is 91.1 Å². The molecule has 0 amide bonds. The van der Waals surface area contributed by atoms with Crippen molar-refractivity contribution in [1.82, 2.24) is 59.2 Å². The maximum atomic E-state index is 13.6. The van der Waals surface area contributed by atoms with Crippen molar-refractivity contribution in [1.29, 1.82) is 15.8 Å². The first-order chi connectivity index (χ1) is 44.6. The number of alkyl halides is 1. The van der Waals surface area contributed by atoms with Gasteiger partial charge in [0.15, 0.2) is 11.6 Å². The van der Waals surface area contributed by atoms with Gasteiger partial charge < -0.3 is 32.1 Å². The minimum atomic E-state index is -0.249. The molecular weight excluding hydrogens is 1220 g/mol. The van der Waals surface area contributed by atoms with E-state index in [4.69, 9.17) is 40.4 Å². The number of benzene rings is 3. The summed E-state index contributed by atoms with van der Waals surface area (Å²) in [4.78, 5) is 39.9. The Balaban J connectivity index is 0.000000182. The van der Waals surface area contributed by atoms with E-state index in [-0.39, 0.29) is 51.7 Å². The van der Waals surface area contributed by atoms with Crippen LogP contribution in [0.3, 0.4) is 0 Å². The zero-order valence-corrected chi connectivity index (χ0v) is 51.7. The van der Waals surface area contributed by atoms with Gasteiger partial charge in [0.2, 0.25) is 35.3 Å². The fourth-order valence-corrected chi connectivity index (χ4v) is 11.4. The molecule has 480 valence electrons. The lowest BCUT2D eigenvalue weighted by Crippen LogP contribution is -2.20. The molecule has 12 aromatic rings. The Bertz CT molecular complexity index is 4960. The van der Waals surface area contributed by atoms with Crippen LogP contribution in [0.4, 0.5) is 0 Å². The summed E-state index contributed by atoms with van der Waals surface area (Å²) in [6.07, 6.45) is 19.4. The molecule has 0 radical (unpaired) electrons. The van der Waals surface area contributed by atoms with E-state index in [2.05, 4.69) is 69.4 Å². The maximum Gasteiger partial charge on any atom is 0.240 e. The second-order valence-electron chi connectivity index (χ2n) is 22.0. The topological polar surface area (TPSA) is 296 Å². The summed E-state index contributed by atoms with van der Waals surface area (Å²) >= 11 is 5.85. The van der Waals surface area contributed by atoms with Gasteiger partial charge in [-0.1, -0.05) is 22.3 Å². The Hall–Kier alpha value is -11.6. The third-order valence-electron chi connectivity index (χ3n) is 15.6. The highest BCUT2D eigenvalue weighted by Crippen LogP contribution is 2.35. The lowest BCUT2D eigenvalue weighted by Gasteiger charge is -2.24. The SMILES string of the molecule is C.C.C.Cc1nnc(/C=C/c2cnc3c(C(=O)CC4CCC(O)CC4)c(C)n(-c4ccc(C#N)cc4)c3c2)o1.Cc1nnc(/C=C/c2cnc3c(C(=O)CCl)c(C)n(-c4ccc(C#N)cc4)c3c2)o1.Cc1nnc(/C=C/c2cnc3cc(C)n(-c4ccc(C#N)cc4)c3c2)o1. The zero-order valence-electron chi connectivity index (χ0n) is 50.9. The molecule has 1 aliphatic carbocycles. The van der Waals surface area contributed by atoms with Gasteiger partial charge in [-0.2, -0.15) is 15.8 Å². The largest absolute Gasteiger partial charge is 0.422 e. The van der Waals surface area contributed by atoms with Crippen LogP contribution < -0.4 is 0 Å². The quantitative estimate of drug-likeness (QED) is 0.0781. The molecule has 95 heavy (non-hydrogen) atoms. The standard InChI is InChI=1S/C28H27N5O3.C22H16ClN5O2.C20H15N5O.3CH4/c1-17-27(25(35)14-19-5-10-23(34)11-6-19)28-24(33(17)22-8-3-20(15-29)4-9-22)13-21(16-30-28)7-12-26-32-31-18(2)36-26;1-13-21(19(29)10-23)22-18(28(13)17-6-3-15(11-24)4-7-17)9-16(12-25-22)5-8-20-27-26-14(2)30-20;1-13-9-18-19(25(13)17-6-3-15(11-21)4-7-17)10-16(12-22-18)5-8-20-24-23-14(2)26-20;;;/h3-4,7-9,12-13,16,19,23,34H,5-6,10-11,14H2,1-2H3;3-9,12H,10H2,1-2H3;3-10,12H,1-2H3;3*1H4/b12-7+;2*8-5+;;;. The molecule has 0 aliphatic heterocycles. The summed E-state index contributed by atoms with van der Waals surface area (Å²) in [5, 5.41) is 60.4. The number of fused-ring (bicyclic) bond motifs is 3. The fourth-order valence-electron chi connectivity index (χ4n) is 11.2. The van der Waals surface area contributed by atoms with Crippen molar-refractivity contribution in [3.05, 3.63) is 213 Å². The Labute approximate surface area is 554 Å². The summed E-state index contributed by atoms with van der Waals surface area (Å²) in [6, 6.07) is 36.4. The zero-order chi connectivity index (χ0) is 64.6. The van der Waals surface area contributed by atoms with Gasteiger partial charge >= 0.3 is 0 Å². The van der Waals surface area contributed by atoms with Crippen molar-refractivity contribution >= 4 is 92.7 Å². The van der Waals surface area contributed by atoms with Crippen LogP contribution in [0.5, 0.6) is 0 Å². The number of ketones is 2. The number of rotatable bonds is 14. The molecule has 21 nitrogen and oxygen atoms in total. The molecular formula is C73H70ClN15O6. The van der Waals surface area contributed by atoms with Gasteiger partial charge in [-0.15, -0.1) is 42.2 Å². The van der Waals surface area contributed by atoms with Crippen molar-refractivity contribution in [2.45, 2.75) is 102 Å². The van der Waals surface area contributed by atoms with E-state index in [1.165, 1.54) is 0 Å². The number of nitrogens with zero attached hydrogens (tertiary/aromatic N) is 15. The third-order valence-corrected chi connectivity index (χ3v) is 15.8. The first-order valence-corrected chi connectivity index (χ1v) is 29.9. The number of halogens is 1. The molecule has 1 saturated carbocycles. The van der Waals surface area contributed by atoms with E-state index < -0.39 is 0 Å². The molecule has 0 spiro atoms. The van der Waals surface area contributed by atoms with Crippen LogP contribution in [-0.4, -0.2) is 87.9 Å². The Kier molecular flexibility index (Phi) is 22.4. The second-order valence-corrected chi connectivity index (χ2v) is 22.2. The number of carbonyl (C=O) groups excluding carboxylic acids is 2. The van der Waals surface area contributed by atoms with E-state index in [9.17, 15) is 20.0 Å². The molecule has 1 aliphatic rings. The van der Waals surface area contributed by atoms with Crippen LogP contribution in [0, 0.1) is 81.5 Å². The minimum Gasteiger partial charge on any atom is -0.422 e. The Morgan fingerprint density at radius 3 is 1.24 bits per heavy atom. The fraction of sp³-hybridized carbons (Fsp3) is 0.233. The number of hydrogen-bond acceptors (Lipinski definition) is 18. The highest BCUT2D eigenvalue weighted by Gasteiger charge is 2.28. The van der Waals surface area contributed by atoms with Crippen molar-refractivity contribution < 1.29 is 27.9 Å². The number of nitriles is 3. The first-order valence-electron chi connectivity index (χ1n) is 29.3. The molecule has 1 fully saturated rings. The number of carbonyl (C=O) groups is 2. The van der Waals surface area contributed by atoms with Crippen LogP contribution in [0.25, 0.3) is 86.6 Å². The van der Waals surface area contributed by atoms with Gasteiger partial charge in [-0.05, 0) is 184 Å². The van der Waals surface area contributed by atoms with Crippen LogP contribution in [-0.2, 0) is 0 Å². The Morgan fingerprint density at radius 2 is 0.874 bits per heavy atom. The molecule has 0 bridgehead atoms. The molecule has 1 N–H and O–H groups in total. The van der Waals surface area contributed by atoms with Crippen LogP contribution in [0.2, 0.25) is 0 Å². The van der Waals surface area contributed by atoms with Gasteiger partial charge in [0.25, 0.3) is 0 Å². The van der Waals surface area contributed by atoms with Gasteiger partial charge in [-0.3, -0.25) is 24.5 Å². The summed E-state index contributed by atoms with van der Waals surface area (Å²) in [7, 11) is 0. The van der Waals surface area contributed by atoms with E-state index in [0.717, 1.165) is 98.6 Å². The van der Waals surface area contributed by atoms with Crippen molar-refractivity contribution in [2.24, 2.45) is 5.92 Å². The number of aliphatic hydroxyl groups is 1. The average Bonchev–Trinajstić information content (AvgIpc) is 1.61. The summed E-state index contributed by atoms with van der Waals surface area (Å²) < 4.78 is 22.2. The normalized spacial score (nSPS) is 13.5. The monoisotopic (exact) mass is 1290 g/mol. The van der Waals surface area contributed by atoms with Gasteiger partial charge in [0, 0.05) is 98.2 Å². The molecule has 3 aromatic carbocycles. The highest BCUT2D eigenvalue weighted by molar-refractivity contribution is 6.32. The number of pyridine rings is 3. The lowest BCUT2D eigenvalue weighted by molar-refractivity contribution is 0.0860. The van der Waals surface area contributed by atoms with E-state index in [1.54, 1.807) is 75.7 Å². The summed E-state index contributed by atoms with van der Waals surface area (Å²) in [6.45, 7) is 11.0. The third kappa shape index (κ3) is 15.5. The van der Waals surface area contributed by atoms with E-state index in [0.29, 0.717) is 80.6 Å². The highest BCUT2D eigenvalue weighted by atomic mass is 35.5. The maximum absolute atomic E-state index is 13.6. The lowest BCUT2D eigenvalue weighted by atomic mass is 9.83. The summed E-state index contributed by atoms with van der Waals surface area (Å²) in [5.74, 6) is 2.78. The second kappa shape index (κ2) is 30.7. The van der Waals surface area contributed by atoms with Crippen molar-refractivity contribution in [3.8, 4) is 35.3 Å². The molecule has 0 saturated heterocycles. The molecule has 22 heteroatoms. The predicted molar refractivity (Wildman–Crippen MR) is 368 cm³/mol. The number of Topliss-reactive ketones (excluding diaryl/α,β-unsaturated/α-hetero) is 2.